The molecule has 0 unspecified atom stereocenters. The Labute approximate surface area is 127 Å². The number of thiazole rings is 1. The Morgan fingerprint density at radius 2 is 2.19 bits per heavy atom. The van der Waals surface area contributed by atoms with E-state index < -0.39 is 0 Å². The SMILES string of the molecule is Cc1csc(-n2[nH]c(C)c(CCC(=O)NC(C)C)c2=O)n1. The smallest absolute Gasteiger partial charge is 0.276 e. The van der Waals surface area contributed by atoms with Crippen molar-refractivity contribution < 1.29 is 4.79 Å². The zero-order valence-electron chi connectivity index (χ0n) is 12.7. The molecule has 0 aliphatic carbocycles. The van der Waals surface area contributed by atoms with Crippen molar-refractivity contribution in [3.05, 3.63) is 32.7 Å². The molecule has 0 radical (unpaired) electrons. The van der Waals surface area contributed by atoms with Crippen LogP contribution in [0, 0.1) is 13.8 Å². The number of hydrogen-bond acceptors (Lipinski definition) is 4. The van der Waals surface area contributed by atoms with Gasteiger partial charge in [0, 0.05) is 29.1 Å². The van der Waals surface area contributed by atoms with Gasteiger partial charge in [-0.3, -0.25) is 14.7 Å². The molecule has 0 aliphatic heterocycles. The second kappa shape index (κ2) is 6.26. The van der Waals surface area contributed by atoms with Crippen molar-refractivity contribution >= 4 is 17.2 Å². The van der Waals surface area contributed by atoms with Gasteiger partial charge in [0.15, 0.2) is 0 Å². The highest BCUT2D eigenvalue weighted by Crippen LogP contribution is 2.13. The van der Waals surface area contributed by atoms with Crippen LogP contribution in [0.5, 0.6) is 0 Å². The van der Waals surface area contributed by atoms with Crippen molar-refractivity contribution in [3.63, 3.8) is 0 Å². The van der Waals surface area contributed by atoms with Gasteiger partial charge in [0.2, 0.25) is 11.0 Å². The first kappa shape index (κ1) is 15.5. The van der Waals surface area contributed by atoms with Crippen LogP contribution in [-0.2, 0) is 11.2 Å². The molecular formula is C14H20N4O2S. The maximum atomic E-state index is 12.4. The molecule has 1 amide bonds. The van der Waals surface area contributed by atoms with E-state index in [1.807, 2.05) is 33.1 Å². The fourth-order valence-electron chi connectivity index (χ4n) is 2.09. The second-order valence-electron chi connectivity index (χ2n) is 5.35. The molecule has 2 heterocycles. The van der Waals surface area contributed by atoms with Gasteiger partial charge in [-0.25, -0.2) is 4.98 Å². The molecule has 6 nitrogen and oxygen atoms in total. The highest BCUT2D eigenvalue weighted by Gasteiger charge is 2.15. The lowest BCUT2D eigenvalue weighted by molar-refractivity contribution is -0.121. The number of carbonyl (C=O) groups excluding carboxylic acids is 1. The molecule has 2 aromatic rings. The molecule has 2 aromatic heterocycles. The quantitative estimate of drug-likeness (QED) is 0.882. The first-order valence-corrected chi connectivity index (χ1v) is 7.78. The molecule has 0 saturated heterocycles. The Bertz CT molecular complexity index is 696. The fraction of sp³-hybridized carbons (Fsp3) is 0.500. The molecule has 0 bridgehead atoms. The van der Waals surface area contributed by atoms with Gasteiger partial charge in [-0.2, -0.15) is 4.68 Å². The van der Waals surface area contributed by atoms with Gasteiger partial charge in [0.05, 0.1) is 5.69 Å². The van der Waals surface area contributed by atoms with E-state index >= 15 is 0 Å². The minimum absolute atomic E-state index is 0.0401. The van der Waals surface area contributed by atoms with Crippen LogP contribution < -0.4 is 10.9 Å². The molecule has 0 aliphatic rings. The molecule has 0 atom stereocenters. The van der Waals surface area contributed by atoms with Gasteiger partial charge in [-0.05, 0) is 34.1 Å². The maximum absolute atomic E-state index is 12.4. The topological polar surface area (TPSA) is 79.8 Å². The van der Waals surface area contributed by atoms with E-state index in [1.165, 1.54) is 16.0 Å². The average Bonchev–Trinajstić information content (AvgIpc) is 2.91. The number of aromatic amines is 1. The van der Waals surface area contributed by atoms with Gasteiger partial charge in [-0.15, -0.1) is 11.3 Å². The number of aryl methyl sites for hydroxylation is 2. The normalized spacial score (nSPS) is 11.1. The Balaban J connectivity index is 2.17. The number of aromatic nitrogens is 3. The summed E-state index contributed by atoms with van der Waals surface area (Å²) in [6.45, 7) is 7.56. The number of carbonyl (C=O) groups is 1. The van der Waals surface area contributed by atoms with E-state index in [2.05, 4.69) is 15.4 Å². The number of nitrogens with zero attached hydrogens (tertiary/aromatic N) is 2. The number of amides is 1. The molecule has 2 rings (SSSR count). The van der Waals surface area contributed by atoms with Gasteiger partial charge < -0.3 is 5.32 Å². The summed E-state index contributed by atoms with van der Waals surface area (Å²) in [6, 6.07) is 0.111. The van der Waals surface area contributed by atoms with Crippen LogP contribution in [0.15, 0.2) is 10.2 Å². The van der Waals surface area contributed by atoms with Crippen LogP contribution in [0.25, 0.3) is 5.13 Å². The standard InChI is InChI=1S/C14H20N4O2S/c1-8(2)15-12(19)6-5-11-10(4)17-18(13(11)20)14-16-9(3)7-21-14/h7-8,17H,5-6H2,1-4H3,(H,15,19). The Kier molecular flexibility index (Phi) is 4.62. The number of nitrogens with one attached hydrogen (secondary N) is 2. The summed E-state index contributed by atoms with van der Waals surface area (Å²) in [4.78, 5) is 28.4. The molecule has 0 fully saturated rings. The van der Waals surface area contributed by atoms with Crippen LogP contribution in [-0.4, -0.2) is 26.7 Å². The summed E-state index contributed by atoms with van der Waals surface area (Å²) < 4.78 is 1.45. The summed E-state index contributed by atoms with van der Waals surface area (Å²) in [5, 5.41) is 8.37. The van der Waals surface area contributed by atoms with Crippen molar-refractivity contribution in [3.8, 4) is 5.13 Å². The lowest BCUT2D eigenvalue weighted by Crippen LogP contribution is -2.30. The Morgan fingerprint density at radius 3 is 2.76 bits per heavy atom. The molecule has 21 heavy (non-hydrogen) atoms. The third kappa shape index (κ3) is 3.60. The average molecular weight is 308 g/mol. The maximum Gasteiger partial charge on any atom is 0.276 e. The number of hydrogen-bond donors (Lipinski definition) is 2. The highest BCUT2D eigenvalue weighted by atomic mass is 32.1. The van der Waals surface area contributed by atoms with Crippen LogP contribution in [0.2, 0.25) is 0 Å². The summed E-state index contributed by atoms with van der Waals surface area (Å²) in [6.07, 6.45) is 0.736. The Morgan fingerprint density at radius 1 is 1.48 bits per heavy atom. The second-order valence-corrected chi connectivity index (χ2v) is 6.19. The van der Waals surface area contributed by atoms with Crippen LogP contribution in [0.1, 0.15) is 37.2 Å². The van der Waals surface area contributed by atoms with Crippen molar-refractivity contribution in [2.45, 2.75) is 46.6 Å². The van der Waals surface area contributed by atoms with Crippen molar-refractivity contribution in [2.75, 3.05) is 0 Å². The summed E-state index contributed by atoms with van der Waals surface area (Å²) in [7, 11) is 0. The first-order chi connectivity index (χ1) is 9.88. The monoisotopic (exact) mass is 308 g/mol. The fourth-order valence-corrected chi connectivity index (χ4v) is 2.85. The summed E-state index contributed by atoms with van der Waals surface area (Å²) in [5.74, 6) is -0.0401. The van der Waals surface area contributed by atoms with Crippen molar-refractivity contribution in [1.29, 1.82) is 0 Å². The molecule has 0 aromatic carbocycles. The minimum atomic E-state index is -0.126. The van der Waals surface area contributed by atoms with Crippen LogP contribution in [0.4, 0.5) is 0 Å². The zero-order chi connectivity index (χ0) is 15.6. The van der Waals surface area contributed by atoms with E-state index in [4.69, 9.17) is 0 Å². The number of rotatable bonds is 5. The molecule has 114 valence electrons. The third-order valence-electron chi connectivity index (χ3n) is 3.04. The minimum Gasteiger partial charge on any atom is -0.354 e. The van der Waals surface area contributed by atoms with Gasteiger partial charge >= 0.3 is 0 Å². The number of H-pyrrole nitrogens is 1. The van der Waals surface area contributed by atoms with Gasteiger partial charge in [0.1, 0.15) is 0 Å². The van der Waals surface area contributed by atoms with Gasteiger partial charge in [0.25, 0.3) is 5.56 Å². The molecule has 7 heteroatoms. The van der Waals surface area contributed by atoms with Crippen molar-refractivity contribution in [1.82, 2.24) is 20.1 Å². The largest absolute Gasteiger partial charge is 0.354 e. The zero-order valence-corrected chi connectivity index (χ0v) is 13.5. The summed E-state index contributed by atoms with van der Waals surface area (Å²) >= 11 is 1.41. The van der Waals surface area contributed by atoms with E-state index in [-0.39, 0.29) is 17.5 Å². The van der Waals surface area contributed by atoms with E-state index in [9.17, 15) is 9.59 Å². The van der Waals surface area contributed by atoms with Crippen molar-refractivity contribution in [2.24, 2.45) is 0 Å². The van der Waals surface area contributed by atoms with E-state index in [1.54, 1.807) is 0 Å². The predicted octanol–water partition coefficient (Wildman–Crippen LogP) is 1.70. The lowest BCUT2D eigenvalue weighted by atomic mass is 10.1. The van der Waals surface area contributed by atoms with E-state index in [0.29, 0.717) is 23.5 Å². The van der Waals surface area contributed by atoms with Gasteiger partial charge in [-0.1, -0.05) is 0 Å². The summed E-state index contributed by atoms with van der Waals surface area (Å²) in [5.41, 5.74) is 2.18. The predicted molar refractivity (Wildman–Crippen MR) is 83.1 cm³/mol. The molecule has 0 saturated carbocycles. The van der Waals surface area contributed by atoms with Crippen LogP contribution >= 0.6 is 11.3 Å². The van der Waals surface area contributed by atoms with Crippen LogP contribution in [0.3, 0.4) is 0 Å². The lowest BCUT2D eigenvalue weighted by Gasteiger charge is -2.07. The highest BCUT2D eigenvalue weighted by molar-refractivity contribution is 7.12. The molecular weight excluding hydrogens is 288 g/mol. The Hall–Kier alpha value is -1.89. The first-order valence-electron chi connectivity index (χ1n) is 6.91. The van der Waals surface area contributed by atoms with E-state index in [0.717, 1.165) is 11.4 Å². The molecule has 2 N–H and O–H groups in total. The third-order valence-corrected chi connectivity index (χ3v) is 3.99. The molecule has 0 spiro atoms.